The van der Waals surface area contributed by atoms with Crippen molar-refractivity contribution < 1.29 is 13.2 Å². The highest BCUT2D eigenvalue weighted by Crippen LogP contribution is 2.29. The van der Waals surface area contributed by atoms with Crippen LogP contribution in [-0.4, -0.2) is 29.5 Å². The van der Waals surface area contributed by atoms with E-state index in [1.807, 2.05) is 13.8 Å². The second-order valence-electron chi connectivity index (χ2n) is 4.97. The zero-order valence-electron chi connectivity index (χ0n) is 13.5. The molecule has 10 heteroatoms. The molecule has 0 aliphatic heterocycles. The lowest BCUT2D eigenvalue weighted by Crippen LogP contribution is -2.37. The van der Waals surface area contributed by atoms with E-state index < -0.39 is 11.9 Å². The Kier molecular flexibility index (Phi) is 6.16. The molecule has 5 nitrogen and oxygen atoms in total. The Morgan fingerprint density at radius 1 is 1.25 bits per heavy atom. The maximum Gasteiger partial charge on any atom is 0.434 e. The van der Waals surface area contributed by atoms with E-state index in [0.717, 1.165) is 32.3 Å². The van der Waals surface area contributed by atoms with Gasteiger partial charge < -0.3 is 10.6 Å². The number of nitrogens with zero attached hydrogens (tertiary/aromatic N) is 3. The van der Waals surface area contributed by atoms with E-state index in [9.17, 15) is 13.2 Å². The lowest BCUT2D eigenvalue weighted by Gasteiger charge is -2.10. The van der Waals surface area contributed by atoms with Crippen LogP contribution in [0.5, 0.6) is 0 Å². The first kappa shape index (κ1) is 18.7. The standard InChI is InChI=1S/C14H18F3N5S2/c1-8-10(24-9(2)21-8)6-20-13(18-3)19-5-4-12-22-11(7-23-12)14(15,16)17/h7H,4-6H2,1-3H3,(H2,18,19,20). The highest BCUT2D eigenvalue weighted by Gasteiger charge is 2.33. The summed E-state index contributed by atoms with van der Waals surface area (Å²) in [6.07, 6.45) is -3.98. The normalized spacial score (nSPS) is 12.5. The Balaban J connectivity index is 1.79. The molecule has 2 N–H and O–H groups in total. The van der Waals surface area contributed by atoms with Crippen molar-refractivity contribution in [3.63, 3.8) is 0 Å². The van der Waals surface area contributed by atoms with E-state index in [1.165, 1.54) is 0 Å². The predicted molar refractivity (Wildman–Crippen MR) is 90.6 cm³/mol. The van der Waals surface area contributed by atoms with Gasteiger partial charge in [0.2, 0.25) is 0 Å². The van der Waals surface area contributed by atoms with Crippen molar-refractivity contribution in [2.45, 2.75) is 33.0 Å². The number of hydrogen-bond donors (Lipinski definition) is 2. The molecule has 0 unspecified atom stereocenters. The van der Waals surface area contributed by atoms with Crippen molar-refractivity contribution in [2.24, 2.45) is 4.99 Å². The van der Waals surface area contributed by atoms with Crippen LogP contribution in [0.4, 0.5) is 13.2 Å². The van der Waals surface area contributed by atoms with Gasteiger partial charge in [0.15, 0.2) is 11.7 Å². The minimum absolute atomic E-state index is 0.403. The minimum atomic E-state index is -4.38. The van der Waals surface area contributed by atoms with E-state index in [-0.39, 0.29) is 0 Å². The molecule has 2 rings (SSSR count). The maximum atomic E-state index is 12.5. The molecule has 0 saturated carbocycles. The third kappa shape index (κ3) is 5.17. The van der Waals surface area contributed by atoms with Crippen molar-refractivity contribution in [1.82, 2.24) is 20.6 Å². The van der Waals surface area contributed by atoms with Crippen LogP contribution in [-0.2, 0) is 19.1 Å². The highest BCUT2D eigenvalue weighted by molar-refractivity contribution is 7.11. The number of aromatic nitrogens is 2. The summed E-state index contributed by atoms with van der Waals surface area (Å²) in [6.45, 7) is 4.96. The second kappa shape index (κ2) is 7.93. The third-order valence-corrected chi connectivity index (χ3v) is 5.09. The Labute approximate surface area is 146 Å². The smallest absolute Gasteiger partial charge is 0.356 e. The number of halogens is 3. The third-order valence-electron chi connectivity index (χ3n) is 3.11. The topological polar surface area (TPSA) is 62.2 Å². The van der Waals surface area contributed by atoms with Crippen LogP contribution in [0.15, 0.2) is 10.4 Å². The first-order valence-corrected chi connectivity index (χ1v) is 8.88. The summed E-state index contributed by atoms with van der Waals surface area (Å²) in [4.78, 5) is 13.2. The van der Waals surface area contributed by atoms with Gasteiger partial charge in [0.25, 0.3) is 0 Å². The lowest BCUT2D eigenvalue weighted by molar-refractivity contribution is -0.140. The van der Waals surface area contributed by atoms with E-state index in [0.29, 0.717) is 30.5 Å². The van der Waals surface area contributed by atoms with Gasteiger partial charge in [-0.2, -0.15) is 13.2 Å². The quantitative estimate of drug-likeness (QED) is 0.621. The SMILES string of the molecule is CN=C(NCCc1nc(C(F)(F)F)cs1)NCc1sc(C)nc1C. The van der Waals surface area contributed by atoms with Crippen molar-refractivity contribution in [2.75, 3.05) is 13.6 Å². The number of aliphatic imine (C=N–C) groups is 1. The zero-order chi connectivity index (χ0) is 17.7. The first-order chi connectivity index (χ1) is 11.3. The molecule has 24 heavy (non-hydrogen) atoms. The average molecular weight is 377 g/mol. The second-order valence-corrected chi connectivity index (χ2v) is 7.20. The number of nitrogens with one attached hydrogen (secondary N) is 2. The molecule has 2 aromatic rings. The van der Waals surface area contributed by atoms with Crippen molar-refractivity contribution >= 4 is 28.6 Å². The monoisotopic (exact) mass is 377 g/mol. The van der Waals surface area contributed by atoms with E-state index in [4.69, 9.17) is 0 Å². The summed E-state index contributed by atoms with van der Waals surface area (Å²) < 4.78 is 37.5. The molecule has 0 radical (unpaired) electrons. The van der Waals surface area contributed by atoms with Crippen LogP contribution in [0.1, 0.15) is 26.3 Å². The fraction of sp³-hybridized carbons (Fsp3) is 0.500. The minimum Gasteiger partial charge on any atom is -0.356 e. The van der Waals surface area contributed by atoms with Gasteiger partial charge >= 0.3 is 6.18 Å². The zero-order valence-corrected chi connectivity index (χ0v) is 15.1. The van der Waals surface area contributed by atoms with E-state index >= 15 is 0 Å². The van der Waals surface area contributed by atoms with Crippen LogP contribution in [0.25, 0.3) is 0 Å². The van der Waals surface area contributed by atoms with Gasteiger partial charge in [-0.05, 0) is 13.8 Å². The molecule has 0 saturated heterocycles. The predicted octanol–water partition coefficient (Wildman–Crippen LogP) is 3.14. The van der Waals surface area contributed by atoms with Crippen LogP contribution >= 0.6 is 22.7 Å². The van der Waals surface area contributed by atoms with Crippen LogP contribution in [0, 0.1) is 13.8 Å². The number of aryl methyl sites for hydroxylation is 2. The first-order valence-electron chi connectivity index (χ1n) is 7.18. The molecular formula is C14H18F3N5S2. The van der Waals surface area contributed by atoms with Crippen molar-refractivity contribution in [1.29, 1.82) is 0 Å². The summed E-state index contributed by atoms with van der Waals surface area (Å²) in [5.74, 6) is 0.591. The fourth-order valence-electron chi connectivity index (χ4n) is 1.97. The van der Waals surface area contributed by atoms with Gasteiger partial charge in [-0.1, -0.05) is 0 Å². The van der Waals surface area contributed by atoms with E-state index in [2.05, 4.69) is 25.6 Å². The Morgan fingerprint density at radius 3 is 2.54 bits per heavy atom. The number of thiazole rings is 2. The van der Waals surface area contributed by atoms with Crippen LogP contribution in [0.2, 0.25) is 0 Å². The number of alkyl halides is 3. The molecular weight excluding hydrogens is 359 g/mol. The lowest BCUT2D eigenvalue weighted by atomic mass is 10.4. The molecule has 0 fully saturated rings. The maximum absolute atomic E-state index is 12.5. The molecule has 0 atom stereocenters. The van der Waals surface area contributed by atoms with Gasteiger partial charge in [0.1, 0.15) is 0 Å². The average Bonchev–Trinajstić information content (AvgIpc) is 3.09. The van der Waals surface area contributed by atoms with Crippen LogP contribution in [0.3, 0.4) is 0 Å². The highest BCUT2D eigenvalue weighted by atomic mass is 32.1. The van der Waals surface area contributed by atoms with Gasteiger partial charge in [0.05, 0.1) is 22.3 Å². The summed E-state index contributed by atoms with van der Waals surface area (Å²) in [5.41, 5.74) is 0.156. The van der Waals surface area contributed by atoms with Crippen molar-refractivity contribution in [3.8, 4) is 0 Å². The molecule has 0 bridgehead atoms. The number of guanidine groups is 1. The summed E-state index contributed by atoms with van der Waals surface area (Å²) >= 11 is 2.63. The van der Waals surface area contributed by atoms with Gasteiger partial charge in [-0.25, -0.2) is 9.97 Å². The molecule has 2 heterocycles. The van der Waals surface area contributed by atoms with Crippen LogP contribution < -0.4 is 10.6 Å². The molecule has 0 aliphatic rings. The number of hydrogen-bond acceptors (Lipinski definition) is 5. The summed E-state index contributed by atoms with van der Waals surface area (Å²) in [6, 6.07) is 0. The molecule has 2 aromatic heterocycles. The largest absolute Gasteiger partial charge is 0.434 e. The van der Waals surface area contributed by atoms with Gasteiger partial charge in [-0.3, -0.25) is 4.99 Å². The van der Waals surface area contributed by atoms with E-state index in [1.54, 1.807) is 18.4 Å². The molecule has 0 spiro atoms. The molecule has 0 amide bonds. The Bertz CT molecular complexity index is 706. The fourth-order valence-corrected chi connectivity index (χ4v) is 3.65. The molecule has 0 aliphatic carbocycles. The summed E-state index contributed by atoms with van der Waals surface area (Å²) in [7, 11) is 1.64. The van der Waals surface area contributed by atoms with Gasteiger partial charge in [-0.15, -0.1) is 22.7 Å². The Hall–Kier alpha value is -1.68. The summed E-state index contributed by atoms with van der Waals surface area (Å²) in [5, 5.41) is 8.73. The van der Waals surface area contributed by atoms with Crippen molar-refractivity contribution in [3.05, 3.63) is 31.7 Å². The number of rotatable bonds is 5. The molecule has 0 aromatic carbocycles. The van der Waals surface area contributed by atoms with Gasteiger partial charge in [0, 0.05) is 30.3 Å². The molecule has 132 valence electrons. The Morgan fingerprint density at radius 2 is 2.00 bits per heavy atom.